The summed E-state index contributed by atoms with van der Waals surface area (Å²) in [6.07, 6.45) is 0.0550. The number of ether oxygens (including phenoxy) is 1. The van der Waals surface area contributed by atoms with Gasteiger partial charge in [0.1, 0.15) is 6.61 Å². The van der Waals surface area contributed by atoms with Gasteiger partial charge in [0.2, 0.25) is 0 Å². The number of rotatable bonds is 1. The van der Waals surface area contributed by atoms with Crippen LogP contribution in [0.2, 0.25) is 5.02 Å². The van der Waals surface area contributed by atoms with E-state index in [0.717, 1.165) is 16.5 Å². The van der Waals surface area contributed by atoms with Crippen LogP contribution >= 0.6 is 11.6 Å². The molecule has 7 heteroatoms. The molecule has 0 aliphatic carbocycles. The molecule has 0 unspecified atom stereocenters. The monoisotopic (exact) mass is 382 g/mol. The van der Waals surface area contributed by atoms with Crippen LogP contribution in [-0.4, -0.2) is 20.6 Å². The molecule has 1 atom stereocenters. The first kappa shape index (κ1) is 16.5. The third-order valence-electron chi connectivity index (χ3n) is 5.47. The lowest BCUT2D eigenvalue weighted by Gasteiger charge is -2.32. The van der Waals surface area contributed by atoms with Crippen molar-refractivity contribution in [2.45, 2.75) is 32.1 Å². The maximum Gasteiger partial charge on any atom is 0.343 e. The summed E-state index contributed by atoms with van der Waals surface area (Å²) >= 11 is 6.68. The van der Waals surface area contributed by atoms with E-state index in [0.29, 0.717) is 17.9 Å². The van der Waals surface area contributed by atoms with Crippen LogP contribution in [0.15, 0.2) is 35.1 Å². The minimum atomic E-state index is -1.93. The number of esters is 1. The van der Waals surface area contributed by atoms with Gasteiger partial charge in [0, 0.05) is 16.5 Å². The van der Waals surface area contributed by atoms with Crippen molar-refractivity contribution in [2.75, 3.05) is 0 Å². The lowest BCUT2D eigenvalue weighted by atomic mass is 9.86. The number of hydrogen-bond acceptors (Lipinski definition) is 5. The second kappa shape index (κ2) is 5.41. The van der Waals surface area contributed by atoms with Crippen molar-refractivity contribution in [2.24, 2.45) is 0 Å². The van der Waals surface area contributed by atoms with Crippen molar-refractivity contribution in [3.63, 3.8) is 0 Å². The first-order valence-corrected chi connectivity index (χ1v) is 9.07. The molecule has 5 rings (SSSR count). The smallest absolute Gasteiger partial charge is 0.343 e. The fourth-order valence-electron chi connectivity index (χ4n) is 4.02. The van der Waals surface area contributed by atoms with Gasteiger partial charge in [-0.05, 0) is 18.6 Å². The lowest BCUT2D eigenvalue weighted by molar-refractivity contribution is -0.172. The Balaban J connectivity index is 1.87. The third-order valence-corrected chi connectivity index (χ3v) is 5.84. The molecule has 0 saturated heterocycles. The Morgan fingerprint density at radius 2 is 2.11 bits per heavy atom. The maximum atomic E-state index is 13.1. The topological polar surface area (TPSA) is 81.4 Å². The Morgan fingerprint density at radius 3 is 2.89 bits per heavy atom. The first-order valence-electron chi connectivity index (χ1n) is 8.70. The van der Waals surface area contributed by atoms with Gasteiger partial charge < -0.3 is 14.4 Å². The van der Waals surface area contributed by atoms with Crippen LogP contribution in [0, 0.1) is 0 Å². The number of hydrogen-bond donors (Lipinski definition) is 1. The SMILES string of the molecule is CC[C@@]1(O)C(=O)OCc2c1c(Cl)c1n(c2=O)Cc2cc3ccccc3nc2-1. The van der Waals surface area contributed by atoms with Crippen LogP contribution in [0.4, 0.5) is 0 Å². The summed E-state index contributed by atoms with van der Waals surface area (Å²) in [6.45, 7) is 1.80. The molecule has 27 heavy (non-hydrogen) atoms. The fourth-order valence-corrected chi connectivity index (χ4v) is 4.49. The van der Waals surface area contributed by atoms with E-state index in [2.05, 4.69) is 0 Å². The number of aromatic nitrogens is 2. The van der Waals surface area contributed by atoms with Crippen molar-refractivity contribution in [3.8, 4) is 11.4 Å². The zero-order chi connectivity index (χ0) is 18.9. The summed E-state index contributed by atoms with van der Waals surface area (Å²) in [5.74, 6) is -0.784. The third kappa shape index (κ3) is 2.02. The zero-order valence-electron chi connectivity index (χ0n) is 14.5. The van der Waals surface area contributed by atoms with E-state index >= 15 is 0 Å². The highest BCUT2D eigenvalue weighted by molar-refractivity contribution is 6.34. The lowest BCUT2D eigenvalue weighted by Crippen LogP contribution is -2.44. The number of carbonyl (C=O) groups excluding carboxylic acids is 1. The molecular weight excluding hydrogens is 368 g/mol. The van der Waals surface area contributed by atoms with E-state index in [4.69, 9.17) is 21.3 Å². The van der Waals surface area contributed by atoms with Crippen LogP contribution in [-0.2, 0) is 28.3 Å². The Labute approximate surface area is 159 Å². The Kier molecular flexibility index (Phi) is 3.30. The fraction of sp³-hybridized carbons (Fsp3) is 0.250. The maximum absolute atomic E-state index is 13.1. The van der Waals surface area contributed by atoms with Gasteiger partial charge in [0.15, 0.2) is 5.60 Å². The summed E-state index contributed by atoms with van der Waals surface area (Å²) < 4.78 is 6.62. The van der Waals surface area contributed by atoms with Gasteiger partial charge in [-0.25, -0.2) is 9.78 Å². The number of aliphatic hydroxyl groups is 1. The molecule has 0 bridgehead atoms. The van der Waals surface area contributed by atoms with Gasteiger partial charge in [0.25, 0.3) is 5.56 Å². The Morgan fingerprint density at radius 1 is 1.33 bits per heavy atom. The predicted molar refractivity (Wildman–Crippen MR) is 99.5 cm³/mol. The molecule has 0 radical (unpaired) electrons. The number of cyclic esters (lactones) is 1. The van der Waals surface area contributed by atoms with Crippen LogP contribution in [0.5, 0.6) is 0 Å². The van der Waals surface area contributed by atoms with E-state index in [-0.39, 0.29) is 34.7 Å². The standard InChI is InChI=1S/C20H15ClN2O4/c1-2-20(26)14-12(9-27-19(20)25)18(24)23-8-11-7-10-5-3-4-6-13(10)22-16(11)17(23)15(14)21/h3-7,26H,2,8-9H2,1H3/t20-/m0/s1. The number of benzene rings is 1. The summed E-state index contributed by atoms with van der Waals surface area (Å²) in [7, 11) is 0. The largest absolute Gasteiger partial charge is 0.458 e. The van der Waals surface area contributed by atoms with Gasteiger partial charge in [-0.2, -0.15) is 0 Å². The van der Waals surface area contributed by atoms with Crippen molar-refractivity contribution >= 4 is 28.5 Å². The summed E-state index contributed by atoms with van der Waals surface area (Å²) in [4.78, 5) is 30.0. The molecule has 4 heterocycles. The molecule has 136 valence electrons. The van der Waals surface area contributed by atoms with Crippen molar-refractivity contribution in [1.82, 2.24) is 9.55 Å². The molecule has 2 aliphatic rings. The normalized spacial score (nSPS) is 20.2. The Hall–Kier alpha value is -2.70. The number of nitrogens with zero attached hydrogens (tertiary/aromatic N) is 2. The van der Waals surface area contributed by atoms with Crippen molar-refractivity contribution in [3.05, 3.63) is 62.4 Å². The highest BCUT2D eigenvalue weighted by atomic mass is 35.5. The van der Waals surface area contributed by atoms with Gasteiger partial charge >= 0.3 is 5.97 Å². The van der Waals surface area contributed by atoms with Gasteiger partial charge in [-0.15, -0.1) is 0 Å². The molecule has 1 N–H and O–H groups in total. The van der Waals surface area contributed by atoms with E-state index in [1.807, 2.05) is 30.3 Å². The molecule has 2 aliphatic heterocycles. The number of para-hydroxylation sites is 1. The Bertz CT molecular complexity index is 1220. The highest BCUT2D eigenvalue weighted by Gasteiger charge is 2.47. The van der Waals surface area contributed by atoms with Crippen LogP contribution in [0.25, 0.3) is 22.3 Å². The number of carbonyl (C=O) groups is 1. The predicted octanol–water partition coefficient (Wildman–Crippen LogP) is 2.73. The molecule has 6 nitrogen and oxygen atoms in total. The molecular formula is C20H15ClN2O4. The first-order chi connectivity index (χ1) is 13.0. The van der Waals surface area contributed by atoms with Crippen molar-refractivity contribution < 1.29 is 14.6 Å². The second-order valence-electron chi connectivity index (χ2n) is 6.89. The van der Waals surface area contributed by atoms with E-state index in [1.165, 1.54) is 0 Å². The summed E-state index contributed by atoms with van der Waals surface area (Å²) in [5, 5.41) is 12.1. The average molecular weight is 383 g/mol. The number of fused-ring (bicyclic) bond motifs is 5. The van der Waals surface area contributed by atoms with Gasteiger partial charge in [0.05, 0.1) is 34.0 Å². The number of pyridine rings is 2. The van der Waals surface area contributed by atoms with Gasteiger partial charge in [-0.3, -0.25) is 4.79 Å². The van der Waals surface area contributed by atoms with Crippen LogP contribution in [0.3, 0.4) is 0 Å². The minimum Gasteiger partial charge on any atom is -0.458 e. The molecule has 0 amide bonds. The summed E-state index contributed by atoms with van der Waals surface area (Å²) in [6, 6.07) is 9.67. The highest BCUT2D eigenvalue weighted by Crippen LogP contribution is 2.44. The molecule has 0 fully saturated rings. The van der Waals surface area contributed by atoms with E-state index in [9.17, 15) is 14.7 Å². The van der Waals surface area contributed by atoms with Crippen LogP contribution < -0.4 is 5.56 Å². The molecule has 1 aromatic carbocycles. The van der Waals surface area contributed by atoms with Crippen molar-refractivity contribution in [1.29, 1.82) is 0 Å². The number of halogens is 1. The van der Waals surface area contributed by atoms with E-state index < -0.39 is 11.6 Å². The molecule has 2 aromatic heterocycles. The minimum absolute atomic E-state index is 0.0550. The average Bonchev–Trinajstić information content (AvgIpc) is 3.05. The second-order valence-corrected chi connectivity index (χ2v) is 7.26. The molecule has 0 saturated carbocycles. The van der Waals surface area contributed by atoms with Crippen LogP contribution in [0.1, 0.15) is 30.0 Å². The van der Waals surface area contributed by atoms with Gasteiger partial charge in [-0.1, -0.05) is 36.7 Å². The zero-order valence-corrected chi connectivity index (χ0v) is 15.2. The quantitative estimate of drug-likeness (QED) is 0.512. The van der Waals surface area contributed by atoms with E-state index in [1.54, 1.807) is 11.5 Å². The molecule has 3 aromatic rings. The summed E-state index contributed by atoms with van der Waals surface area (Å²) in [5.41, 5.74) is 0.856. The molecule has 0 spiro atoms.